The largest absolute Gasteiger partial charge is 0.308 e. The lowest BCUT2D eigenvalue weighted by molar-refractivity contribution is 0.593. The van der Waals surface area contributed by atoms with Crippen LogP contribution >= 0.6 is 52.5 Å². The van der Waals surface area contributed by atoms with E-state index in [1.807, 2.05) is 83.3 Å². The van der Waals surface area contributed by atoms with Crippen LogP contribution in [0, 0.1) is 0 Å². The summed E-state index contributed by atoms with van der Waals surface area (Å²) in [4.78, 5) is 1.24. The van der Waals surface area contributed by atoms with Gasteiger partial charge in [-0.1, -0.05) is 97.1 Å². The molecule has 10 rings (SSSR count). The second kappa shape index (κ2) is 11.1. The molecule has 10 aromatic rings. The van der Waals surface area contributed by atoms with Crippen LogP contribution in [0.5, 0.6) is 0 Å². The third-order valence-corrected chi connectivity index (χ3v) is 17.5. The van der Waals surface area contributed by atoms with E-state index in [1.165, 1.54) is 71.3 Å². The molecule has 48 heavy (non-hydrogen) atoms. The van der Waals surface area contributed by atoms with E-state index in [0.717, 1.165) is 15.2 Å². The lowest BCUT2D eigenvalue weighted by Gasteiger charge is -2.17. The number of hydrogen-bond donors (Lipinski definition) is 0. The van der Waals surface area contributed by atoms with E-state index in [1.54, 1.807) is 22.7 Å². The Morgan fingerprint density at radius 2 is 0.833 bits per heavy atom. The van der Waals surface area contributed by atoms with Crippen molar-refractivity contribution in [3.05, 3.63) is 152 Å². The van der Waals surface area contributed by atoms with E-state index in [0.29, 0.717) is 0 Å². The van der Waals surface area contributed by atoms with Gasteiger partial charge in [0.2, 0.25) is 0 Å². The van der Waals surface area contributed by atoms with Crippen molar-refractivity contribution in [2.24, 2.45) is 0 Å². The van der Waals surface area contributed by atoms with Crippen molar-refractivity contribution >= 4 is 117 Å². The molecular weight excluding hydrogens is 680 g/mol. The van der Waals surface area contributed by atoms with E-state index in [2.05, 4.69) is 91.0 Å². The highest BCUT2D eigenvalue weighted by atomic mass is 32.1. The molecule has 0 aliphatic carbocycles. The van der Waals surface area contributed by atoms with Gasteiger partial charge in [0.05, 0.1) is 4.62 Å². The first-order chi connectivity index (χ1) is 23.6. The molecule has 0 unspecified atom stereocenters. The molecular formula is C42H25OPS4. The van der Waals surface area contributed by atoms with Crippen LogP contribution in [-0.2, 0) is 4.57 Å². The molecule has 0 radical (unpaired) electrons. The van der Waals surface area contributed by atoms with Crippen molar-refractivity contribution in [2.45, 2.75) is 0 Å². The molecule has 0 aliphatic rings. The molecule has 0 atom stereocenters. The highest BCUT2D eigenvalue weighted by molar-refractivity contribution is 7.89. The lowest BCUT2D eigenvalue weighted by atomic mass is 10.0. The van der Waals surface area contributed by atoms with E-state index in [-0.39, 0.29) is 0 Å². The average Bonchev–Trinajstić information content (AvgIpc) is 3.91. The monoisotopic (exact) mass is 704 g/mol. The van der Waals surface area contributed by atoms with Crippen LogP contribution in [0.1, 0.15) is 0 Å². The Balaban J connectivity index is 1.05. The molecule has 0 fully saturated rings. The van der Waals surface area contributed by atoms with Gasteiger partial charge < -0.3 is 4.57 Å². The predicted octanol–water partition coefficient (Wildman–Crippen LogP) is 12.7. The van der Waals surface area contributed by atoms with Gasteiger partial charge in [-0.3, -0.25) is 0 Å². The Hall–Kier alpha value is -4.35. The SMILES string of the molecule is O=P(c1ccccc1)(c1ccccc1)c1cc2sc(-c3ccc4sc5ccc(-c6ccc7sc8ccccc8c7c6)cc5c4c3)cc2s1. The van der Waals surface area contributed by atoms with Gasteiger partial charge in [0.25, 0.3) is 0 Å². The Labute approximate surface area is 293 Å². The van der Waals surface area contributed by atoms with E-state index < -0.39 is 7.14 Å². The highest BCUT2D eigenvalue weighted by Gasteiger charge is 2.32. The summed E-state index contributed by atoms with van der Waals surface area (Å²) in [6.07, 6.45) is 0. The fourth-order valence-electron chi connectivity index (χ4n) is 6.82. The van der Waals surface area contributed by atoms with Crippen LogP contribution < -0.4 is 15.2 Å². The summed E-state index contributed by atoms with van der Waals surface area (Å²) < 4.78 is 23.5. The van der Waals surface area contributed by atoms with Crippen LogP contribution in [-0.4, -0.2) is 0 Å². The predicted molar refractivity (Wildman–Crippen MR) is 216 cm³/mol. The number of fused-ring (bicyclic) bond motifs is 7. The summed E-state index contributed by atoms with van der Waals surface area (Å²) in [7, 11) is -2.98. The molecule has 0 saturated carbocycles. The summed E-state index contributed by atoms with van der Waals surface area (Å²) in [5.74, 6) is 0. The minimum atomic E-state index is -2.98. The summed E-state index contributed by atoms with van der Waals surface area (Å²) in [5.41, 5.74) is 3.72. The second-order valence-corrected chi connectivity index (χ2v) is 19.4. The molecule has 0 spiro atoms. The van der Waals surface area contributed by atoms with Gasteiger partial charge >= 0.3 is 0 Å². The summed E-state index contributed by atoms with van der Waals surface area (Å²) >= 11 is 7.18. The van der Waals surface area contributed by atoms with Crippen LogP contribution in [0.25, 0.3) is 71.3 Å². The lowest BCUT2D eigenvalue weighted by Crippen LogP contribution is -2.23. The van der Waals surface area contributed by atoms with Crippen molar-refractivity contribution in [1.82, 2.24) is 0 Å². The zero-order valence-corrected chi connectivity index (χ0v) is 29.6. The topological polar surface area (TPSA) is 17.1 Å². The summed E-state index contributed by atoms with van der Waals surface area (Å²) in [6.45, 7) is 0. The van der Waals surface area contributed by atoms with Crippen LogP contribution in [0.15, 0.2) is 152 Å². The van der Waals surface area contributed by atoms with Gasteiger partial charge in [0, 0.05) is 65.2 Å². The Kier molecular flexibility index (Phi) is 6.62. The molecule has 0 bridgehead atoms. The summed E-state index contributed by atoms with van der Waals surface area (Å²) in [5, 5.41) is 7.02. The molecule has 0 amide bonds. The van der Waals surface area contributed by atoms with E-state index >= 15 is 0 Å². The zero-order chi connectivity index (χ0) is 31.8. The van der Waals surface area contributed by atoms with Gasteiger partial charge in [-0.25, -0.2) is 0 Å². The van der Waals surface area contributed by atoms with E-state index in [4.69, 9.17) is 0 Å². The molecule has 1 nitrogen and oxygen atoms in total. The number of rotatable bonds is 5. The number of benzene rings is 6. The Morgan fingerprint density at radius 3 is 1.44 bits per heavy atom. The molecule has 0 N–H and O–H groups in total. The van der Waals surface area contributed by atoms with E-state index in [9.17, 15) is 4.57 Å². The molecule has 228 valence electrons. The first kappa shape index (κ1) is 28.6. The maximum Gasteiger partial charge on any atom is 0.180 e. The number of hydrogen-bond acceptors (Lipinski definition) is 5. The third kappa shape index (κ3) is 4.50. The minimum absolute atomic E-state index is 0.878. The second-order valence-electron chi connectivity index (χ2n) is 12.0. The first-order valence-electron chi connectivity index (χ1n) is 15.8. The normalized spacial score (nSPS) is 12.2. The number of thiophene rings is 4. The Morgan fingerprint density at radius 1 is 0.354 bits per heavy atom. The maximum atomic E-state index is 14.9. The van der Waals surface area contributed by atoms with Crippen molar-refractivity contribution in [1.29, 1.82) is 0 Å². The van der Waals surface area contributed by atoms with Crippen molar-refractivity contribution in [2.75, 3.05) is 0 Å². The van der Waals surface area contributed by atoms with Crippen LogP contribution in [0.2, 0.25) is 0 Å². The fraction of sp³-hybridized carbons (Fsp3) is 0. The fourth-order valence-corrected chi connectivity index (χ4v) is 14.9. The molecule has 4 aromatic heterocycles. The molecule has 6 heteroatoms. The standard InChI is InChI=1S/C42H25OPS4/c43-44(29-9-3-1-4-10-29,30-11-5-2-6-12-30)42-25-41-40(48-42)24-39(47-41)28-17-20-38-34(23-28)33-22-27(16-19-37(33)46-38)26-15-18-36-32(21-26)31-13-7-8-14-35(31)45-36/h1-25H. The van der Waals surface area contributed by atoms with Crippen LogP contribution in [0.4, 0.5) is 0 Å². The van der Waals surface area contributed by atoms with Gasteiger partial charge in [0.15, 0.2) is 7.14 Å². The molecule has 0 aliphatic heterocycles. The smallest absolute Gasteiger partial charge is 0.180 e. The third-order valence-electron chi connectivity index (χ3n) is 9.21. The molecule has 0 saturated heterocycles. The maximum absolute atomic E-state index is 14.9. The first-order valence-corrected chi connectivity index (χ1v) is 20.7. The van der Waals surface area contributed by atoms with Gasteiger partial charge in [-0.15, -0.1) is 45.3 Å². The highest BCUT2D eigenvalue weighted by Crippen LogP contribution is 2.48. The van der Waals surface area contributed by atoms with Gasteiger partial charge in [-0.05, 0) is 71.3 Å². The zero-order valence-electron chi connectivity index (χ0n) is 25.4. The summed E-state index contributed by atoms with van der Waals surface area (Å²) in [6, 6.07) is 53.8. The van der Waals surface area contributed by atoms with Crippen molar-refractivity contribution in [3.8, 4) is 21.6 Å². The molecule has 6 aromatic carbocycles. The Bertz CT molecular complexity index is 2800. The molecule has 4 heterocycles. The average molecular weight is 705 g/mol. The quantitative estimate of drug-likeness (QED) is 0.163. The van der Waals surface area contributed by atoms with Gasteiger partial charge in [-0.2, -0.15) is 0 Å². The van der Waals surface area contributed by atoms with Crippen molar-refractivity contribution in [3.63, 3.8) is 0 Å². The van der Waals surface area contributed by atoms with Crippen LogP contribution in [0.3, 0.4) is 0 Å². The minimum Gasteiger partial charge on any atom is -0.308 e. The van der Waals surface area contributed by atoms with Crippen molar-refractivity contribution < 1.29 is 4.57 Å². The van der Waals surface area contributed by atoms with Gasteiger partial charge in [0.1, 0.15) is 0 Å².